The van der Waals surface area contributed by atoms with E-state index in [0.29, 0.717) is 24.7 Å². The molecule has 0 saturated heterocycles. The maximum Gasteiger partial charge on any atom is 0.308 e. The molecule has 36 heavy (non-hydrogen) atoms. The molecule has 2 rings (SSSR count). The van der Waals surface area contributed by atoms with Gasteiger partial charge >= 0.3 is 23.9 Å². The van der Waals surface area contributed by atoms with Crippen molar-refractivity contribution in [1.29, 1.82) is 0 Å². The Morgan fingerprint density at radius 3 is 1.58 bits per heavy atom. The summed E-state index contributed by atoms with van der Waals surface area (Å²) < 4.78 is 15.3. The molecule has 0 atom stereocenters. The van der Waals surface area contributed by atoms with Gasteiger partial charge in [-0.1, -0.05) is 0 Å². The van der Waals surface area contributed by atoms with Gasteiger partial charge in [-0.05, 0) is 111 Å². The summed E-state index contributed by atoms with van der Waals surface area (Å²) in [5.41, 5.74) is -0.835. The quantitative estimate of drug-likeness (QED) is 0.341. The summed E-state index contributed by atoms with van der Waals surface area (Å²) in [4.78, 5) is 45.4. The van der Waals surface area contributed by atoms with Gasteiger partial charge in [-0.2, -0.15) is 0 Å². The van der Waals surface area contributed by atoms with Crippen LogP contribution in [-0.2, 0) is 33.4 Å². The van der Waals surface area contributed by atoms with Crippen LogP contribution in [0.4, 0.5) is 0 Å². The molecule has 0 unspecified atom stereocenters. The molecule has 0 radical (unpaired) electrons. The summed E-state index contributed by atoms with van der Waals surface area (Å²) in [6.45, 7) is 11.2. The number of hydrogen-bond acceptors (Lipinski definition) is 7. The Morgan fingerprint density at radius 2 is 1.14 bits per heavy atom. The first-order valence-corrected chi connectivity index (χ1v) is 13.3. The number of carboxylic acids is 1. The van der Waals surface area contributed by atoms with Crippen LogP contribution in [0.15, 0.2) is 0 Å². The lowest BCUT2D eigenvalue weighted by molar-refractivity contribution is -0.157. The average Bonchev–Trinajstić information content (AvgIpc) is 2.76. The Kier molecular flexibility index (Phi) is 12.9. The predicted molar refractivity (Wildman–Crippen MR) is 136 cm³/mol. The fraction of sp³-hybridized carbons (Fsp3) is 0.857. The molecular formula is C28H48O8. The molecule has 208 valence electrons. The van der Waals surface area contributed by atoms with Crippen molar-refractivity contribution in [2.75, 3.05) is 7.11 Å². The van der Waals surface area contributed by atoms with Gasteiger partial charge in [0.1, 0.15) is 11.2 Å². The van der Waals surface area contributed by atoms with E-state index in [1.807, 2.05) is 41.5 Å². The lowest BCUT2D eigenvalue weighted by Crippen LogP contribution is -2.28. The van der Waals surface area contributed by atoms with Gasteiger partial charge in [-0.3, -0.25) is 19.2 Å². The molecule has 0 aliphatic heterocycles. The number of aliphatic carboxylic acids is 1. The molecule has 0 aromatic rings. The molecule has 0 aromatic carbocycles. The molecule has 2 fully saturated rings. The highest BCUT2D eigenvalue weighted by Crippen LogP contribution is 2.33. The lowest BCUT2D eigenvalue weighted by atomic mass is 9.80. The monoisotopic (exact) mass is 512 g/mol. The fourth-order valence-corrected chi connectivity index (χ4v) is 4.80. The molecule has 1 N–H and O–H groups in total. The van der Waals surface area contributed by atoms with E-state index in [0.717, 1.165) is 57.8 Å². The molecule has 8 nitrogen and oxygen atoms in total. The number of methoxy groups -OCH3 is 1. The van der Waals surface area contributed by atoms with Crippen molar-refractivity contribution in [2.24, 2.45) is 23.7 Å². The van der Waals surface area contributed by atoms with Crippen molar-refractivity contribution < 1.29 is 38.5 Å². The van der Waals surface area contributed by atoms with Crippen LogP contribution >= 0.6 is 0 Å². The second-order valence-electron chi connectivity index (χ2n) is 12.2. The molecular weight excluding hydrogens is 464 g/mol. The lowest BCUT2D eigenvalue weighted by Gasteiger charge is -2.27. The third-order valence-electron chi connectivity index (χ3n) is 6.63. The number of ether oxygens (including phenoxy) is 3. The van der Waals surface area contributed by atoms with Gasteiger partial charge in [0.15, 0.2) is 0 Å². The molecule has 2 aliphatic carbocycles. The number of carboxylic acid groups (broad SMARTS) is 1. The highest BCUT2D eigenvalue weighted by Gasteiger charge is 2.29. The van der Waals surface area contributed by atoms with Crippen LogP contribution in [0.3, 0.4) is 0 Å². The molecule has 0 spiro atoms. The van der Waals surface area contributed by atoms with Gasteiger partial charge < -0.3 is 19.3 Å². The first-order chi connectivity index (χ1) is 16.6. The van der Waals surface area contributed by atoms with E-state index in [4.69, 9.17) is 19.3 Å². The minimum absolute atomic E-state index is 0.0184. The summed E-state index contributed by atoms with van der Waals surface area (Å²) in [7, 11) is 1.43. The minimum atomic E-state index is -0.680. The predicted octanol–water partition coefficient (Wildman–Crippen LogP) is 5.70. The first-order valence-electron chi connectivity index (χ1n) is 13.3. The van der Waals surface area contributed by atoms with Crippen molar-refractivity contribution in [1.82, 2.24) is 0 Å². The second kappa shape index (κ2) is 14.6. The fourth-order valence-electron chi connectivity index (χ4n) is 4.80. The maximum absolute atomic E-state index is 11.7. The van der Waals surface area contributed by atoms with E-state index < -0.39 is 17.2 Å². The first kappa shape index (κ1) is 31.9. The zero-order valence-corrected chi connectivity index (χ0v) is 23.4. The third-order valence-corrected chi connectivity index (χ3v) is 6.63. The van der Waals surface area contributed by atoms with Crippen LogP contribution in [0.5, 0.6) is 0 Å². The third kappa shape index (κ3) is 13.8. The molecule has 8 heteroatoms. The summed E-state index contributed by atoms with van der Waals surface area (Å²) in [6.07, 6.45) is 8.49. The topological polar surface area (TPSA) is 116 Å². The summed E-state index contributed by atoms with van der Waals surface area (Å²) >= 11 is 0. The number of rotatable bonds is 7. The standard InChI is InChI=1S/2C14H24O4/c1-14(2,3)18-12(15)9-10-5-7-11(8-6-10)13(16)17-4;1-14(2,3)18-12(15)9-6-10-4-7-11(8-5-10)13(16)17/h10-11H,5-9H2,1-4H3;10-11H,4-9H2,1-3H3,(H,16,17). The van der Waals surface area contributed by atoms with Crippen LogP contribution in [0.1, 0.15) is 112 Å². The Bertz CT molecular complexity index is 715. The number of esters is 3. The largest absolute Gasteiger partial charge is 0.481 e. The number of carbonyl (C=O) groups is 4. The van der Waals surface area contributed by atoms with Crippen LogP contribution in [0.25, 0.3) is 0 Å². The molecule has 0 aromatic heterocycles. The smallest absolute Gasteiger partial charge is 0.308 e. The zero-order valence-electron chi connectivity index (χ0n) is 23.4. The summed E-state index contributed by atoms with van der Waals surface area (Å²) in [5, 5.41) is 8.90. The van der Waals surface area contributed by atoms with Crippen molar-refractivity contribution in [3.05, 3.63) is 0 Å². The van der Waals surface area contributed by atoms with Gasteiger partial charge in [-0.15, -0.1) is 0 Å². The normalized spacial score (nSPS) is 24.5. The van der Waals surface area contributed by atoms with E-state index in [1.54, 1.807) is 0 Å². The molecule has 2 saturated carbocycles. The van der Waals surface area contributed by atoms with Crippen LogP contribution in [0.2, 0.25) is 0 Å². The van der Waals surface area contributed by atoms with E-state index in [1.165, 1.54) is 7.11 Å². The molecule has 2 aliphatic rings. The Balaban J connectivity index is 0.000000360. The average molecular weight is 513 g/mol. The van der Waals surface area contributed by atoms with Gasteiger partial charge in [-0.25, -0.2) is 0 Å². The van der Waals surface area contributed by atoms with E-state index in [-0.39, 0.29) is 29.7 Å². The summed E-state index contributed by atoms with van der Waals surface area (Å²) in [6, 6.07) is 0. The van der Waals surface area contributed by atoms with Gasteiger partial charge in [0.25, 0.3) is 0 Å². The van der Waals surface area contributed by atoms with Crippen LogP contribution in [-0.4, -0.2) is 47.3 Å². The van der Waals surface area contributed by atoms with Crippen molar-refractivity contribution in [3.63, 3.8) is 0 Å². The maximum atomic E-state index is 11.7. The van der Waals surface area contributed by atoms with Gasteiger partial charge in [0.05, 0.1) is 18.9 Å². The van der Waals surface area contributed by atoms with Crippen LogP contribution in [0, 0.1) is 23.7 Å². The van der Waals surface area contributed by atoms with E-state index in [2.05, 4.69) is 0 Å². The molecule has 0 bridgehead atoms. The molecule has 0 heterocycles. The Morgan fingerprint density at radius 1 is 0.694 bits per heavy atom. The number of carbonyl (C=O) groups excluding carboxylic acids is 3. The summed E-state index contributed by atoms with van der Waals surface area (Å²) in [5.74, 6) is -0.417. The van der Waals surface area contributed by atoms with Gasteiger partial charge in [0, 0.05) is 12.8 Å². The Hall–Kier alpha value is -2.12. The van der Waals surface area contributed by atoms with Crippen molar-refractivity contribution in [2.45, 2.75) is 123 Å². The van der Waals surface area contributed by atoms with Crippen molar-refractivity contribution in [3.8, 4) is 0 Å². The minimum Gasteiger partial charge on any atom is -0.481 e. The van der Waals surface area contributed by atoms with E-state index >= 15 is 0 Å². The zero-order chi connectivity index (χ0) is 27.5. The second-order valence-corrected chi connectivity index (χ2v) is 12.2. The Labute approximate surface area is 216 Å². The van der Waals surface area contributed by atoms with Gasteiger partial charge in [0.2, 0.25) is 0 Å². The van der Waals surface area contributed by atoms with Crippen molar-refractivity contribution >= 4 is 23.9 Å². The SMILES string of the molecule is CC(C)(C)OC(=O)CCC1CCC(C(=O)O)CC1.COC(=O)C1CCC(CC(=O)OC(C)(C)C)CC1. The van der Waals surface area contributed by atoms with E-state index in [9.17, 15) is 19.2 Å². The number of hydrogen-bond donors (Lipinski definition) is 1. The highest BCUT2D eigenvalue weighted by atomic mass is 16.6. The highest BCUT2D eigenvalue weighted by molar-refractivity contribution is 5.73. The molecule has 0 amide bonds. The van der Waals surface area contributed by atoms with Crippen LogP contribution < -0.4 is 0 Å².